The molecule has 0 spiro atoms. The molecule has 1 aromatic carbocycles. The summed E-state index contributed by atoms with van der Waals surface area (Å²) in [6.07, 6.45) is 2.46. The van der Waals surface area contributed by atoms with Crippen molar-refractivity contribution in [2.24, 2.45) is 5.92 Å². The van der Waals surface area contributed by atoms with Crippen molar-refractivity contribution in [3.05, 3.63) is 29.3 Å². The molecular formula is C17H25NO3. The molecule has 1 unspecified atom stereocenters. The van der Waals surface area contributed by atoms with Crippen LogP contribution in [0.25, 0.3) is 0 Å². The summed E-state index contributed by atoms with van der Waals surface area (Å²) in [6, 6.07) is 5.99. The summed E-state index contributed by atoms with van der Waals surface area (Å²) in [4.78, 5) is 12.0. The fourth-order valence-electron chi connectivity index (χ4n) is 2.59. The molecule has 0 saturated heterocycles. The maximum Gasteiger partial charge on any atom is 0.223 e. The van der Waals surface area contributed by atoms with Gasteiger partial charge in [0.05, 0.1) is 25.2 Å². The lowest BCUT2D eigenvalue weighted by Gasteiger charge is -2.28. The number of amides is 1. The van der Waals surface area contributed by atoms with Crippen LogP contribution in [0.3, 0.4) is 0 Å². The summed E-state index contributed by atoms with van der Waals surface area (Å²) in [7, 11) is 0. The quantitative estimate of drug-likeness (QED) is 0.810. The molecule has 0 aliphatic heterocycles. The summed E-state index contributed by atoms with van der Waals surface area (Å²) in [5.41, 5.74) is 1.80. The number of rotatable bonds is 7. The molecular weight excluding hydrogens is 266 g/mol. The van der Waals surface area contributed by atoms with E-state index >= 15 is 0 Å². The summed E-state index contributed by atoms with van der Waals surface area (Å²) >= 11 is 0. The SMILES string of the molecule is Cc1ccc(OCCC(=O)NC(C)(CO)C2CC2)c(C)c1. The zero-order valence-corrected chi connectivity index (χ0v) is 13.1. The molecule has 1 saturated carbocycles. The van der Waals surface area contributed by atoms with Gasteiger partial charge in [-0.25, -0.2) is 0 Å². The number of aryl methyl sites for hydroxylation is 2. The summed E-state index contributed by atoms with van der Waals surface area (Å²) in [6.45, 7) is 6.28. The molecule has 0 aromatic heterocycles. The first kappa shape index (κ1) is 15.8. The van der Waals surface area contributed by atoms with Crippen LogP contribution in [0.1, 0.15) is 37.3 Å². The van der Waals surface area contributed by atoms with Crippen molar-refractivity contribution in [2.75, 3.05) is 13.2 Å². The zero-order chi connectivity index (χ0) is 15.5. The van der Waals surface area contributed by atoms with Gasteiger partial charge in [0.1, 0.15) is 5.75 Å². The van der Waals surface area contributed by atoms with E-state index in [9.17, 15) is 9.90 Å². The Balaban J connectivity index is 1.79. The number of ether oxygens (including phenoxy) is 1. The van der Waals surface area contributed by atoms with Crippen molar-refractivity contribution in [3.8, 4) is 5.75 Å². The molecule has 116 valence electrons. The second kappa shape index (κ2) is 6.48. The second-order valence-electron chi connectivity index (χ2n) is 6.27. The van der Waals surface area contributed by atoms with Gasteiger partial charge >= 0.3 is 0 Å². The van der Waals surface area contributed by atoms with E-state index in [1.807, 2.05) is 32.9 Å². The van der Waals surface area contributed by atoms with Gasteiger partial charge < -0.3 is 15.2 Å². The van der Waals surface area contributed by atoms with Gasteiger partial charge in [0.25, 0.3) is 0 Å². The minimum Gasteiger partial charge on any atom is -0.493 e. The lowest BCUT2D eigenvalue weighted by Crippen LogP contribution is -2.51. The number of hydrogen-bond acceptors (Lipinski definition) is 3. The standard InChI is InChI=1S/C17H25NO3/c1-12-4-7-15(13(2)10-12)21-9-8-16(20)18-17(3,11-19)14-5-6-14/h4,7,10,14,19H,5-6,8-9,11H2,1-3H3,(H,18,20). The minimum absolute atomic E-state index is 0.0126. The average Bonchev–Trinajstić information content (AvgIpc) is 3.26. The summed E-state index contributed by atoms with van der Waals surface area (Å²) in [5.74, 6) is 1.16. The second-order valence-corrected chi connectivity index (χ2v) is 6.27. The third kappa shape index (κ3) is 4.21. The Kier molecular flexibility index (Phi) is 4.88. The molecule has 4 nitrogen and oxygen atoms in total. The Labute approximate surface area is 126 Å². The van der Waals surface area contributed by atoms with E-state index in [1.165, 1.54) is 5.56 Å². The number of aliphatic hydroxyl groups excluding tert-OH is 1. The molecule has 1 amide bonds. The topological polar surface area (TPSA) is 58.6 Å². The highest BCUT2D eigenvalue weighted by atomic mass is 16.5. The highest BCUT2D eigenvalue weighted by Gasteiger charge is 2.41. The normalized spacial score (nSPS) is 17.1. The van der Waals surface area contributed by atoms with Crippen molar-refractivity contribution in [1.82, 2.24) is 5.32 Å². The number of hydrogen-bond donors (Lipinski definition) is 2. The van der Waals surface area contributed by atoms with Crippen LogP contribution in [0, 0.1) is 19.8 Å². The fourth-order valence-corrected chi connectivity index (χ4v) is 2.59. The number of carbonyl (C=O) groups is 1. The first-order valence-corrected chi connectivity index (χ1v) is 7.56. The smallest absolute Gasteiger partial charge is 0.223 e. The van der Waals surface area contributed by atoms with Crippen molar-refractivity contribution in [1.29, 1.82) is 0 Å². The Bertz CT molecular complexity index is 511. The van der Waals surface area contributed by atoms with Crippen LogP contribution in [0.5, 0.6) is 5.75 Å². The third-order valence-electron chi connectivity index (χ3n) is 4.15. The van der Waals surface area contributed by atoms with Crippen LogP contribution in [-0.4, -0.2) is 29.8 Å². The van der Waals surface area contributed by atoms with Crippen LogP contribution in [0.4, 0.5) is 0 Å². The van der Waals surface area contributed by atoms with Gasteiger partial charge in [-0.3, -0.25) is 4.79 Å². The first-order chi connectivity index (χ1) is 9.94. The van der Waals surface area contributed by atoms with Crippen molar-refractivity contribution in [2.45, 2.75) is 45.6 Å². The van der Waals surface area contributed by atoms with Crippen LogP contribution in [-0.2, 0) is 4.79 Å². The number of aliphatic hydroxyl groups is 1. The number of nitrogens with one attached hydrogen (secondary N) is 1. The molecule has 21 heavy (non-hydrogen) atoms. The van der Waals surface area contributed by atoms with Crippen molar-refractivity contribution >= 4 is 5.91 Å². The van der Waals surface area contributed by atoms with E-state index in [0.29, 0.717) is 18.9 Å². The molecule has 2 N–H and O–H groups in total. The first-order valence-electron chi connectivity index (χ1n) is 7.56. The van der Waals surface area contributed by atoms with Crippen molar-refractivity contribution in [3.63, 3.8) is 0 Å². The number of benzene rings is 1. The van der Waals surface area contributed by atoms with Gasteiger partial charge in [-0.15, -0.1) is 0 Å². The molecule has 2 rings (SSSR count). The highest BCUT2D eigenvalue weighted by Crippen LogP contribution is 2.39. The monoisotopic (exact) mass is 291 g/mol. The van der Waals surface area contributed by atoms with Crippen LogP contribution in [0.2, 0.25) is 0 Å². The maximum atomic E-state index is 12.0. The van der Waals surface area contributed by atoms with E-state index < -0.39 is 5.54 Å². The minimum atomic E-state index is -0.475. The lowest BCUT2D eigenvalue weighted by atomic mass is 9.97. The van der Waals surface area contributed by atoms with E-state index in [1.54, 1.807) is 0 Å². The van der Waals surface area contributed by atoms with Gasteiger partial charge in [0.15, 0.2) is 0 Å². The third-order valence-corrected chi connectivity index (χ3v) is 4.15. The van der Waals surface area contributed by atoms with Crippen molar-refractivity contribution < 1.29 is 14.6 Å². The van der Waals surface area contributed by atoms with Crippen LogP contribution in [0.15, 0.2) is 18.2 Å². The Morgan fingerprint density at radius 2 is 2.14 bits per heavy atom. The van der Waals surface area contributed by atoms with Crippen LogP contribution < -0.4 is 10.1 Å². The lowest BCUT2D eigenvalue weighted by molar-refractivity contribution is -0.124. The highest BCUT2D eigenvalue weighted by molar-refractivity contribution is 5.77. The van der Waals surface area contributed by atoms with Crippen LogP contribution >= 0.6 is 0 Å². The van der Waals surface area contributed by atoms with E-state index in [4.69, 9.17) is 4.74 Å². The van der Waals surface area contributed by atoms with E-state index in [2.05, 4.69) is 11.4 Å². The molecule has 1 aliphatic carbocycles. The molecule has 1 aliphatic rings. The molecule has 0 radical (unpaired) electrons. The Hall–Kier alpha value is -1.55. The largest absolute Gasteiger partial charge is 0.493 e. The van der Waals surface area contributed by atoms with Gasteiger partial charge in [-0.2, -0.15) is 0 Å². The molecule has 0 heterocycles. The molecule has 1 fully saturated rings. The predicted octanol–water partition coefficient (Wildman–Crippen LogP) is 2.35. The van der Waals surface area contributed by atoms with Gasteiger partial charge in [-0.05, 0) is 51.2 Å². The zero-order valence-electron chi connectivity index (χ0n) is 13.1. The van der Waals surface area contributed by atoms with E-state index in [0.717, 1.165) is 24.2 Å². The number of carbonyl (C=O) groups excluding carboxylic acids is 1. The van der Waals surface area contributed by atoms with Gasteiger partial charge in [-0.1, -0.05) is 17.7 Å². The molecule has 1 atom stereocenters. The maximum absolute atomic E-state index is 12.0. The Morgan fingerprint density at radius 1 is 1.43 bits per heavy atom. The average molecular weight is 291 g/mol. The summed E-state index contributed by atoms with van der Waals surface area (Å²) < 4.78 is 5.66. The predicted molar refractivity (Wildman–Crippen MR) is 82.4 cm³/mol. The Morgan fingerprint density at radius 3 is 2.71 bits per heavy atom. The van der Waals surface area contributed by atoms with E-state index in [-0.39, 0.29) is 12.5 Å². The van der Waals surface area contributed by atoms with Gasteiger partial charge in [0, 0.05) is 0 Å². The molecule has 0 bridgehead atoms. The fraction of sp³-hybridized carbons (Fsp3) is 0.588. The molecule has 1 aromatic rings. The molecule has 4 heteroatoms. The summed E-state index contributed by atoms with van der Waals surface area (Å²) in [5, 5.41) is 12.4. The van der Waals surface area contributed by atoms with Gasteiger partial charge in [0.2, 0.25) is 5.91 Å².